The Bertz CT molecular complexity index is 210. The summed E-state index contributed by atoms with van der Waals surface area (Å²) in [4.78, 5) is 13.5. The minimum Gasteiger partial charge on any atom is -0.298 e. The predicted molar refractivity (Wildman–Crippen MR) is 54.6 cm³/mol. The number of Topliss-reactive ketones (excluding diaryl/α,β-unsaturated/α-hetero) is 1. The zero-order valence-electron chi connectivity index (χ0n) is 8.79. The van der Waals surface area contributed by atoms with Gasteiger partial charge in [0.25, 0.3) is 0 Å². The smallest absolute Gasteiger partial charge is 0.146 e. The molecule has 0 N–H and O–H groups in total. The third-order valence-corrected chi connectivity index (χ3v) is 3.21. The van der Waals surface area contributed by atoms with Gasteiger partial charge in [0.05, 0.1) is 6.04 Å². The van der Waals surface area contributed by atoms with Crippen LogP contribution in [0.5, 0.6) is 0 Å². The van der Waals surface area contributed by atoms with Gasteiger partial charge >= 0.3 is 0 Å². The monoisotopic (exact) mass is 181 g/mol. The van der Waals surface area contributed by atoms with Crippen molar-refractivity contribution >= 4 is 5.78 Å². The van der Waals surface area contributed by atoms with Crippen LogP contribution in [0.25, 0.3) is 0 Å². The zero-order chi connectivity index (χ0) is 10.0. The van der Waals surface area contributed by atoms with E-state index in [1.807, 2.05) is 13.1 Å². The molecule has 74 valence electrons. The van der Waals surface area contributed by atoms with E-state index < -0.39 is 0 Å². The molecule has 1 saturated heterocycles. The normalized spacial score (nSPS) is 34.8. The highest BCUT2D eigenvalue weighted by Crippen LogP contribution is 2.31. The molecule has 0 radical (unpaired) electrons. The van der Waals surface area contributed by atoms with Gasteiger partial charge in [-0.2, -0.15) is 0 Å². The van der Waals surface area contributed by atoms with Crippen molar-refractivity contribution in [2.45, 2.75) is 38.8 Å². The van der Waals surface area contributed by atoms with Crippen molar-refractivity contribution < 1.29 is 4.79 Å². The Morgan fingerprint density at radius 1 is 1.69 bits per heavy atom. The molecule has 0 unspecified atom stereocenters. The summed E-state index contributed by atoms with van der Waals surface area (Å²) in [5.41, 5.74) is 0. The molecule has 0 aliphatic carbocycles. The Hall–Kier alpha value is -0.630. The Morgan fingerprint density at radius 2 is 2.31 bits per heavy atom. The van der Waals surface area contributed by atoms with Crippen molar-refractivity contribution in [2.75, 3.05) is 7.05 Å². The lowest BCUT2D eigenvalue weighted by atomic mass is 9.95. The lowest BCUT2D eigenvalue weighted by molar-refractivity contribution is -0.121. The van der Waals surface area contributed by atoms with E-state index in [2.05, 4.69) is 18.4 Å². The van der Waals surface area contributed by atoms with Gasteiger partial charge in [-0.05, 0) is 26.3 Å². The third-order valence-electron chi connectivity index (χ3n) is 3.21. The van der Waals surface area contributed by atoms with Crippen LogP contribution < -0.4 is 0 Å². The number of rotatable bonds is 3. The summed E-state index contributed by atoms with van der Waals surface area (Å²) in [5.74, 6) is 0.890. The quantitative estimate of drug-likeness (QED) is 0.619. The van der Waals surface area contributed by atoms with Crippen LogP contribution in [0.1, 0.15) is 26.7 Å². The van der Waals surface area contributed by atoms with Gasteiger partial charge in [0, 0.05) is 6.04 Å². The Labute approximate surface area is 80.6 Å². The fourth-order valence-electron chi connectivity index (χ4n) is 2.35. The van der Waals surface area contributed by atoms with Gasteiger partial charge in [-0.1, -0.05) is 19.4 Å². The van der Waals surface area contributed by atoms with Crippen LogP contribution in [0.4, 0.5) is 0 Å². The van der Waals surface area contributed by atoms with Crippen LogP contribution >= 0.6 is 0 Å². The highest BCUT2D eigenvalue weighted by molar-refractivity contribution is 5.81. The van der Waals surface area contributed by atoms with Crippen LogP contribution in [0.2, 0.25) is 0 Å². The van der Waals surface area contributed by atoms with E-state index in [1.165, 1.54) is 0 Å². The summed E-state index contributed by atoms with van der Waals surface area (Å²) in [5, 5.41) is 0. The molecule has 1 fully saturated rings. The van der Waals surface area contributed by atoms with Crippen LogP contribution in [0.15, 0.2) is 12.7 Å². The summed E-state index contributed by atoms with van der Waals surface area (Å²) in [6.07, 6.45) is 4.10. The molecule has 0 saturated carbocycles. The first-order valence-corrected chi connectivity index (χ1v) is 4.96. The fraction of sp³-hybridized carbons (Fsp3) is 0.727. The second-order valence-corrected chi connectivity index (χ2v) is 3.92. The number of likely N-dealkylation sites (N-methyl/N-ethyl adjacent to an activating group) is 1. The number of likely N-dealkylation sites (tertiary alicyclic amines) is 1. The van der Waals surface area contributed by atoms with E-state index >= 15 is 0 Å². The topological polar surface area (TPSA) is 20.3 Å². The number of hydrogen-bond acceptors (Lipinski definition) is 2. The molecule has 13 heavy (non-hydrogen) atoms. The van der Waals surface area contributed by atoms with Crippen molar-refractivity contribution in [3.63, 3.8) is 0 Å². The maximum Gasteiger partial charge on any atom is 0.146 e. The molecule has 1 heterocycles. The molecule has 2 heteroatoms. The molecule has 0 spiro atoms. The van der Waals surface area contributed by atoms with E-state index in [0.717, 1.165) is 12.8 Å². The average Bonchev–Trinajstić information content (AvgIpc) is 2.41. The van der Waals surface area contributed by atoms with E-state index in [1.54, 1.807) is 6.92 Å². The van der Waals surface area contributed by atoms with Gasteiger partial charge in [0.1, 0.15) is 5.78 Å². The predicted octanol–water partition coefficient (Wildman–Crippen LogP) is 1.86. The molecule has 0 aromatic heterocycles. The summed E-state index contributed by atoms with van der Waals surface area (Å²) in [6.45, 7) is 7.69. The number of hydrogen-bond donors (Lipinski definition) is 0. The SMILES string of the molecule is C=C[C@H]1[C@H](CC)C[C@H](C(C)=O)N1C. The summed E-state index contributed by atoms with van der Waals surface area (Å²) in [6, 6.07) is 0.506. The minimum atomic E-state index is 0.118. The fourth-order valence-corrected chi connectivity index (χ4v) is 2.35. The molecule has 0 amide bonds. The molecule has 0 aromatic carbocycles. The first-order valence-electron chi connectivity index (χ1n) is 4.96. The van der Waals surface area contributed by atoms with Gasteiger partial charge in [-0.15, -0.1) is 6.58 Å². The molecule has 1 aliphatic rings. The highest BCUT2D eigenvalue weighted by atomic mass is 16.1. The third kappa shape index (κ3) is 1.83. The van der Waals surface area contributed by atoms with E-state index in [4.69, 9.17) is 0 Å². The Kier molecular flexibility index (Phi) is 3.26. The first-order chi connectivity index (χ1) is 6.11. The van der Waals surface area contributed by atoms with Crippen molar-refractivity contribution in [3.05, 3.63) is 12.7 Å². The Balaban J connectivity index is 2.76. The second-order valence-electron chi connectivity index (χ2n) is 3.92. The summed E-state index contributed by atoms with van der Waals surface area (Å²) in [7, 11) is 2.02. The molecule has 0 aromatic rings. The lowest BCUT2D eigenvalue weighted by Gasteiger charge is -2.23. The highest BCUT2D eigenvalue weighted by Gasteiger charge is 2.37. The van der Waals surface area contributed by atoms with Crippen LogP contribution in [-0.2, 0) is 4.79 Å². The molecule has 2 nitrogen and oxygen atoms in total. The van der Waals surface area contributed by atoms with E-state index in [9.17, 15) is 4.79 Å². The van der Waals surface area contributed by atoms with Crippen LogP contribution in [-0.4, -0.2) is 29.8 Å². The molecule has 1 rings (SSSR count). The van der Waals surface area contributed by atoms with Crippen LogP contribution in [0, 0.1) is 5.92 Å². The second kappa shape index (κ2) is 4.05. The average molecular weight is 181 g/mol. The van der Waals surface area contributed by atoms with Gasteiger partial charge in [-0.25, -0.2) is 0 Å². The van der Waals surface area contributed by atoms with E-state index in [-0.39, 0.29) is 11.8 Å². The standard InChI is InChI=1S/C11H19NO/c1-5-9-7-11(8(3)13)12(4)10(9)6-2/h6,9-11H,2,5,7H2,1,3-4H3/t9-,10+,11-/m1/s1. The molecular formula is C11H19NO. The molecule has 0 bridgehead atoms. The minimum absolute atomic E-state index is 0.118. The maximum atomic E-state index is 11.3. The van der Waals surface area contributed by atoms with E-state index in [0.29, 0.717) is 12.0 Å². The van der Waals surface area contributed by atoms with Crippen LogP contribution in [0.3, 0.4) is 0 Å². The van der Waals surface area contributed by atoms with Crippen molar-refractivity contribution in [1.82, 2.24) is 4.90 Å². The summed E-state index contributed by atoms with van der Waals surface area (Å²) >= 11 is 0. The van der Waals surface area contributed by atoms with Crippen molar-refractivity contribution in [3.8, 4) is 0 Å². The first kappa shape index (κ1) is 10.5. The number of ketones is 1. The summed E-state index contributed by atoms with van der Waals surface area (Å²) < 4.78 is 0. The number of carbonyl (C=O) groups is 1. The lowest BCUT2D eigenvalue weighted by Crippen LogP contribution is -2.36. The van der Waals surface area contributed by atoms with Gasteiger partial charge in [0.15, 0.2) is 0 Å². The van der Waals surface area contributed by atoms with Gasteiger partial charge in [-0.3, -0.25) is 9.69 Å². The van der Waals surface area contributed by atoms with Crippen molar-refractivity contribution in [1.29, 1.82) is 0 Å². The Morgan fingerprint density at radius 3 is 2.62 bits per heavy atom. The largest absolute Gasteiger partial charge is 0.298 e. The molecule has 1 aliphatic heterocycles. The maximum absolute atomic E-state index is 11.3. The van der Waals surface area contributed by atoms with Gasteiger partial charge in [0.2, 0.25) is 0 Å². The van der Waals surface area contributed by atoms with Crippen molar-refractivity contribution in [2.24, 2.45) is 5.92 Å². The van der Waals surface area contributed by atoms with Gasteiger partial charge < -0.3 is 0 Å². The zero-order valence-corrected chi connectivity index (χ0v) is 8.79. The number of nitrogens with zero attached hydrogens (tertiary/aromatic N) is 1. The molecular weight excluding hydrogens is 162 g/mol. The number of carbonyl (C=O) groups excluding carboxylic acids is 1. The molecule has 3 atom stereocenters.